The normalized spacial score (nSPS) is 21.9. The van der Waals surface area contributed by atoms with Crippen molar-refractivity contribution in [3.8, 4) is 5.69 Å². The van der Waals surface area contributed by atoms with Gasteiger partial charge in [0.15, 0.2) is 0 Å². The summed E-state index contributed by atoms with van der Waals surface area (Å²) in [7, 11) is 0. The van der Waals surface area contributed by atoms with Crippen LogP contribution in [0, 0.1) is 5.92 Å². The minimum Gasteiger partial charge on any atom is -0.317 e. The van der Waals surface area contributed by atoms with Crippen LogP contribution in [0.15, 0.2) is 193 Å². The molecule has 3 atom stereocenters. The van der Waals surface area contributed by atoms with Gasteiger partial charge in [-0.3, -0.25) is 20.9 Å². The molecule has 1 fully saturated rings. The summed E-state index contributed by atoms with van der Waals surface area (Å²) in [6.45, 7) is 0. The van der Waals surface area contributed by atoms with Crippen molar-refractivity contribution in [1.29, 1.82) is 0 Å². The fourth-order valence-electron chi connectivity index (χ4n) is 9.32. The molecule has 4 aliphatic rings. The van der Waals surface area contributed by atoms with Crippen molar-refractivity contribution in [2.75, 3.05) is 4.90 Å². The van der Waals surface area contributed by atoms with Crippen molar-refractivity contribution in [3.05, 3.63) is 215 Å². The van der Waals surface area contributed by atoms with Gasteiger partial charge in [0.05, 0.1) is 40.9 Å². The highest BCUT2D eigenvalue weighted by atomic mass is 15.4. The van der Waals surface area contributed by atoms with Crippen LogP contribution in [0.4, 0.5) is 5.69 Å². The number of aromatic nitrogens is 2. The standard InChI is InChI=1S/C50H42N6/c1-4-14-33(15-5-1)48-52-49(34-16-6-2-7-17-34)54-50(53-48)43-27-26-38(32-51-43)56-45-23-13-11-21-40(45)42-31-36(25-29-47(42)56)35-24-28-46-41(30-35)39-20-10-12-22-44(39)55(46)37-18-8-3-9-19-37/h1-11,13-21,23-29,31-32,41,48-50,52-54H,12,22,30H2. The molecule has 0 saturated carbocycles. The van der Waals surface area contributed by atoms with Gasteiger partial charge in [0.1, 0.15) is 6.17 Å². The first-order valence-corrected chi connectivity index (χ1v) is 19.8. The van der Waals surface area contributed by atoms with Gasteiger partial charge >= 0.3 is 0 Å². The molecule has 0 radical (unpaired) electrons. The summed E-state index contributed by atoms with van der Waals surface area (Å²) in [5, 5.41) is 13.8. The fraction of sp³-hybridized carbons (Fsp3) is 0.140. The molecule has 2 aromatic heterocycles. The molecule has 0 amide bonds. The van der Waals surface area contributed by atoms with Gasteiger partial charge in [-0.2, -0.15) is 0 Å². The van der Waals surface area contributed by atoms with E-state index in [0.29, 0.717) is 5.92 Å². The number of nitrogens with zero attached hydrogens (tertiary/aromatic N) is 3. The summed E-state index contributed by atoms with van der Waals surface area (Å²) in [5.74, 6) is 0.359. The van der Waals surface area contributed by atoms with E-state index in [-0.39, 0.29) is 18.5 Å². The zero-order valence-corrected chi connectivity index (χ0v) is 31.0. The number of hydrogen-bond donors (Lipinski definition) is 3. The average molecular weight is 727 g/mol. The van der Waals surface area contributed by atoms with Crippen LogP contribution in [0.25, 0.3) is 33.1 Å². The summed E-state index contributed by atoms with van der Waals surface area (Å²) < 4.78 is 2.36. The van der Waals surface area contributed by atoms with E-state index in [2.05, 4.69) is 195 Å². The van der Waals surface area contributed by atoms with E-state index in [0.717, 1.165) is 30.6 Å². The van der Waals surface area contributed by atoms with Crippen LogP contribution in [0.3, 0.4) is 0 Å². The second-order valence-electron chi connectivity index (χ2n) is 15.2. The van der Waals surface area contributed by atoms with Gasteiger partial charge in [0.2, 0.25) is 0 Å². The molecular weight excluding hydrogens is 685 g/mol. The van der Waals surface area contributed by atoms with Crippen LogP contribution in [-0.2, 0) is 0 Å². The molecular formula is C50H42N6. The van der Waals surface area contributed by atoms with Gasteiger partial charge < -0.3 is 9.47 Å². The molecule has 6 heteroatoms. The lowest BCUT2D eigenvalue weighted by Gasteiger charge is -2.39. The maximum atomic E-state index is 5.11. The zero-order chi connectivity index (χ0) is 37.0. The molecule has 56 heavy (non-hydrogen) atoms. The van der Waals surface area contributed by atoms with Crippen LogP contribution >= 0.6 is 0 Å². The quantitative estimate of drug-likeness (QED) is 0.159. The van der Waals surface area contributed by atoms with Crippen LogP contribution < -0.4 is 20.9 Å². The third kappa shape index (κ3) is 5.65. The molecule has 7 aromatic rings. The van der Waals surface area contributed by atoms with Gasteiger partial charge in [-0.1, -0.05) is 121 Å². The van der Waals surface area contributed by atoms with Crippen LogP contribution in [0.5, 0.6) is 0 Å². The fourth-order valence-corrected chi connectivity index (χ4v) is 9.32. The Morgan fingerprint density at radius 1 is 0.589 bits per heavy atom. The highest BCUT2D eigenvalue weighted by Crippen LogP contribution is 2.50. The Balaban J connectivity index is 0.928. The van der Waals surface area contributed by atoms with E-state index in [9.17, 15) is 0 Å². The average Bonchev–Trinajstić information content (AvgIpc) is 3.79. The van der Waals surface area contributed by atoms with Crippen molar-refractivity contribution in [1.82, 2.24) is 25.5 Å². The predicted octanol–water partition coefficient (Wildman–Crippen LogP) is 10.8. The maximum Gasteiger partial charge on any atom is 0.104 e. The van der Waals surface area contributed by atoms with Gasteiger partial charge in [-0.15, -0.1) is 0 Å². The topological polar surface area (TPSA) is 57.1 Å². The highest BCUT2D eigenvalue weighted by molar-refractivity contribution is 6.10. The largest absolute Gasteiger partial charge is 0.317 e. The van der Waals surface area contributed by atoms with E-state index in [1.807, 2.05) is 6.20 Å². The molecule has 11 rings (SSSR count). The molecule has 0 bridgehead atoms. The van der Waals surface area contributed by atoms with Crippen molar-refractivity contribution in [2.45, 2.75) is 37.8 Å². The Bertz CT molecular complexity index is 2660. The minimum atomic E-state index is -0.157. The number of allylic oxidation sites excluding steroid dienone is 7. The van der Waals surface area contributed by atoms with E-state index in [4.69, 9.17) is 4.98 Å². The molecule has 4 heterocycles. The molecule has 272 valence electrons. The smallest absolute Gasteiger partial charge is 0.104 e. The van der Waals surface area contributed by atoms with Gasteiger partial charge in [-0.05, 0) is 95.6 Å². The first kappa shape index (κ1) is 33.1. The number of pyridine rings is 1. The molecule has 2 aliphatic carbocycles. The monoisotopic (exact) mass is 726 g/mol. The Kier molecular flexibility index (Phi) is 8.13. The molecule has 3 unspecified atom stereocenters. The van der Waals surface area contributed by atoms with Gasteiger partial charge in [0, 0.05) is 33.8 Å². The first-order chi connectivity index (χ1) is 27.8. The number of fused-ring (bicyclic) bond motifs is 5. The summed E-state index contributed by atoms with van der Waals surface area (Å²) in [6, 6.07) is 52.1. The SMILES string of the molecule is C1=CC2=C(CC1)N(c1ccccc1)C1=CC=C(c3ccc4c(c3)c3ccccc3n4-c3ccc(C4NC(c5ccccc5)NC(c5ccccc5)N4)nc3)CC12. The molecule has 2 aliphatic heterocycles. The van der Waals surface area contributed by atoms with E-state index < -0.39 is 0 Å². The number of benzene rings is 5. The van der Waals surface area contributed by atoms with E-state index in [1.54, 1.807) is 0 Å². The molecule has 3 N–H and O–H groups in total. The molecule has 6 nitrogen and oxygen atoms in total. The van der Waals surface area contributed by atoms with Crippen LogP contribution in [0.2, 0.25) is 0 Å². The lowest BCUT2D eigenvalue weighted by Crippen LogP contribution is -2.54. The van der Waals surface area contributed by atoms with E-state index >= 15 is 0 Å². The maximum absolute atomic E-state index is 5.11. The molecule has 5 aromatic carbocycles. The summed E-state index contributed by atoms with van der Waals surface area (Å²) in [6.07, 6.45) is 14.4. The van der Waals surface area contributed by atoms with Crippen LogP contribution in [0.1, 0.15) is 60.1 Å². The zero-order valence-electron chi connectivity index (χ0n) is 31.0. The third-order valence-electron chi connectivity index (χ3n) is 12.0. The summed E-state index contributed by atoms with van der Waals surface area (Å²) in [5.41, 5.74) is 15.0. The first-order valence-electron chi connectivity index (χ1n) is 19.8. The molecule has 0 spiro atoms. The van der Waals surface area contributed by atoms with Gasteiger partial charge in [0.25, 0.3) is 0 Å². The second kappa shape index (κ2) is 13.8. The lowest BCUT2D eigenvalue weighted by molar-refractivity contribution is 0.200. The van der Waals surface area contributed by atoms with Crippen LogP contribution in [-0.4, -0.2) is 9.55 Å². The van der Waals surface area contributed by atoms with E-state index in [1.165, 1.54) is 66.7 Å². The minimum absolute atomic E-state index is 0.0450. The number of hydrogen-bond acceptors (Lipinski definition) is 5. The van der Waals surface area contributed by atoms with Crippen molar-refractivity contribution >= 4 is 33.1 Å². The predicted molar refractivity (Wildman–Crippen MR) is 228 cm³/mol. The summed E-state index contributed by atoms with van der Waals surface area (Å²) in [4.78, 5) is 7.63. The highest BCUT2D eigenvalue weighted by Gasteiger charge is 2.38. The van der Waals surface area contributed by atoms with Crippen molar-refractivity contribution < 1.29 is 0 Å². The Morgan fingerprint density at radius 3 is 2.00 bits per heavy atom. The Morgan fingerprint density at radius 2 is 1.27 bits per heavy atom. The van der Waals surface area contributed by atoms with Crippen molar-refractivity contribution in [3.63, 3.8) is 0 Å². The second-order valence-corrected chi connectivity index (χ2v) is 15.2. The number of anilines is 1. The van der Waals surface area contributed by atoms with Gasteiger partial charge in [-0.25, -0.2) is 0 Å². The Hall–Kier alpha value is -6.31. The number of para-hydroxylation sites is 2. The Labute approximate surface area is 327 Å². The van der Waals surface area contributed by atoms with Crippen molar-refractivity contribution in [2.24, 2.45) is 5.92 Å². The number of nitrogens with one attached hydrogen (secondary N) is 3. The lowest BCUT2D eigenvalue weighted by atomic mass is 9.83. The third-order valence-corrected chi connectivity index (χ3v) is 12.0. The summed E-state index contributed by atoms with van der Waals surface area (Å²) >= 11 is 0. The number of rotatable bonds is 6. The molecule has 1 saturated heterocycles.